The molecule has 0 saturated carbocycles. The molecule has 22 heavy (non-hydrogen) atoms. The Hall–Kier alpha value is -2.53. The molecule has 0 fully saturated rings. The van der Waals surface area contributed by atoms with Crippen molar-refractivity contribution < 1.29 is 18.4 Å². The molecule has 1 aliphatic heterocycles. The number of anilines is 1. The Labute approximate surface area is 129 Å². The minimum absolute atomic E-state index is 0.0385. The highest BCUT2D eigenvalue weighted by Crippen LogP contribution is 2.31. The van der Waals surface area contributed by atoms with Crippen LogP contribution >= 0.6 is 11.6 Å². The Morgan fingerprint density at radius 2 is 1.68 bits per heavy atom. The van der Waals surface area contributed by atoms with Gasteiger partial charge in [0.1, 0.15) is 11.6 Å². The van der Waals surface area contributed by atoms with Crippen LogP contribution in [-0.2, 0) is 9.59 Å². The molecule has 2 amide bonds. The number of halogens is 3. The minimum Gasteiger partial charge on any atom is -0.269 e. The van der Waals surface area contributed by atoms with Gasteiger partial charge in [0.15, 0.2) is 0 Å². The van der Waals surface area contributed by atoms with Gasteiger partial charge in [-0.25, -0.2) is 13.7 Å². The third-order valence-corrected chi connectivity index (χ3v) is 3.54. The van der Waals surface area contributed by atoms with E-state index in [2.05, 4.69) is 0 Å². The summed E-state index contributed by atoms with van der Waals surface area (Å²) in [6.45, 7) is 0. The fourth-order valence-corrected chi connectivity index (χ4v) is 2.39. The number of amides is 2. The van der Waals surface area contributed by atoms with Crippen LogP contribution in [0.25, 0.3) is 5.57 Å². The van der Waals surface area contributed by atoms with Crippen LogP contribution < -0.4 is 4.90 Å². The predicted octanol–water partition coefficient (Wildman–Crippen LogP) is 3.58. The quantitative estimate of drug-likeness (QED) is 0.794. The van der Waals surface area contributed by atoms with Crippen LogP contribution in [0.1, 0.15) is 5.56 Å². The van der Waals surface area contributed by atoms with Crippen molar-refractivity contribution in [3.8, 4) is 0 Å². The smallest absolute Gasteiger partial charge is 0.266 e. The molecule has 0 spiro atoms. The molecule has 0 atom stereocenters. The maximum atomic E-state index is 13.8. The van der Waals surface area contributed by atoms with Gasteiger partial charge in [-0.15, -0.1) is 0 Å². The van der Waals surface area contributed by atoms with E-state index in [9.17, 15) is 18.4 Å². The SMILES string of the molecule is O=C1C=C(c2ccccc2F)C(=O)N1c1ccc(F)c(Cl)c1. The van der Waals surface area contributed by atoms with E-state index in [-0.39, 0.29) is 21.8 Å². The standard InChI is InChI=1S/C16H8ClF2NO2/c17-12-7-9(5-6-14(12)19)20-15(21)8-11(16(20)22)10-3-1-2-4-13(10)18/h1-8H. The van der Waals surface area contributed by atoms with Crippen molar-refractivity contribution in [3.63, 3.8) is 0 Å². The van der Waals surface area contributed by atoms with E-state index in [1.165, 1.54) is 30.3 Å². The van der Waals surface area contributed by atoms with Crippen LogP contribution in [0.3, 0.4) is 0 Å². The van der Waals surface area contributed by atoms with E-state index < -0.39 is 23.4 Å². The third kappa shape index (κ3) is 2.29. The number of carbonyl (C=O) groups is 2. The second-order valence-corrected chi connectivity index (χ2v) is 5.02. The van der Waals surface area contributed by atoms with E-state index in [0.717, 1.165) is 17.0 Å². The highest BCUT2D eigenvalue weighted by Gasteiger charge is 2.34. The topological polar surface area (TPSA) is 37.4 Å². The number of hydrogen-bond acceptors (Lipinski definition) is 2. The van der Waals surface area contributed by atoms with Crippen molar-refractivity contribution in [1.29, 1.82) is 0 Å². The second-order valence-electron chi connectivity index (χ2n) is 4.62. The zero-order chi connectivity index (χ0) is 15.9. The number of benzene rings is 2. The Balaban J connectivity index is 2.02. The third-order valence-electron chi connectivity index (χ3n) is 3.25. The molecule has 1 heterocycles. The molecule has 0 unspecified atom stereocenters. The highest BCUT2D eigenvalue weighted by atomic mass is 35.5. The molecule has 2 aromatic rings. The molecule has 0 aliphatic carbocycles. The summed E-state index contributed by atoms with van der Waals surface area (Å²) in [5.41, 5.74) is 0.115. The largest absolute Gasteiger partial charge is 0.269 e. The highest BCUT2D eigenvalue weighted by molar-refractivity contribution is 6.43. The summed E-state index contributed by atoms with van der Waals surface area (Å²) in [5.74, 6) is -2.58. The molecule has 0 aromatic heterocycles. The summed E-state index contributed by atoms with van der Waals surface area (Å²) in [4.78, 5) is 25.3. The summed E-state index contributed by atoms with van der Waals surface area (Å²) >= 11 is 5.67. The van der Waals surface area contributed by atoms with Gasteiger partial charge in [-0.05, 0) is 24.3 Å². The number of imide groups is 1. The molecule has 3 rings (SSSR count). The molecule has 0 N–H and O–H groups in total. The van der Waals surface area contributed by atoms with Crippen LogP contribution in [0.5, 0.6) is 0 Å². The summed E-state index contributed by atoms with van der Waals surface area (Å²) in [5, 5.41) is -0.211. The van der Waals surface area contributed by atoms with Crippen LogP contribution in [0.15, 0.2) is 48.5 Å². The Morgan fingerprint density at radius 1 is 0.955 bits per heavy atom. The molecular formula is C16H8ClF2NO2. The molecular weight excluding hydrogens is 312 g/mol. The van der Waals surface area contributed by atoms with E-state index in [1.54, 1.807) is 6.07 Å². The summed E-state index contributed by atoms with van der Waals surface area (Å²) < 4.78 is 27.0. The van der Waals surface area contributed by atoms with Gasteiger partial charge in [0.2, 0.25) is 0 Å². The first-order chi connectivity index (χ1) is 10.5. The Morgan fingerprint density at radius 3 is 2.36 bits per heavy atom. The first kappa shape index (κ1) is 14.4. The lowest BCUT2D eigenvalue weighted by Crippen LogP contribution is -2.30. The average molecular weight is 320 g/mol. The predicted molar refractivity (Wildman–Crippen MR) is 78.3 cm³/mol. The molecule has 2 aromatic carbocycles. The number of nitrogens with zero attached hydrogens (tertiary/aromatic N) is 1. The number of rotatable bonds is 2. The van der Waals surface area contributed by atoms with Crippen LogP contribution in [-0.4, -0.2) is 11.8 Å². The first-order valence-electron chi connectivity index (χ1n) is 6.29. The average Bonchev–Trinajstić information content (AvgIpc) is 2.78. The van der Waals surface area contributed by atoms with Gasteiger partial charge in [0, 0.05) is 11.6 Å². The normalized spacial score (nSPS) is 14.5. The van der Waals surface area contributed by atoms with Crippen LogP contribution in [0, 0.1) is 11.6 Å². The fraction of sp³-hybridized carbons (Fsp3) is 0. The van der Waals surface area contributed by atoms with Gasteiger partial charge in [0.25, 0.3) is 11.8 Å². The lowest BCUT2D eigenvalue weighted by Gasteiger charge is -2.15. The minimum atomic E-state index is -0.683. The van der Waals surface area contributed by atoms with Gasteiger partial charge in [-0.1, -0.05) is 29.8 Å². The Kier molecular flexibility index (Phi) is 3.50. The monoisotopic (exact) mass is 319 g/mol. The molecule has 0 bridgehead atoms. The zero-order valence-corrected chi connectivity index (χ0v) is 11.8. The Bertz CT molecular complexity index is 833. The van der Waals surface area contributed by atoms with Crippen molar-refractivity contribution in [2.24, 2.45) is 0 Å². The zero-order valence-electron chi connectivity index (χ0n) is 11.0. The van der Waals surface area contributed by atoms with E-state index >= 15 is 0 Å². The lowest BCUT2D eigenvalue weighted by atomic mass is 10.1. The van der Waals surface area contributed by atoms with Crippen molar-refractivity contribution in [2.75, 3.05) is 4.90 Å². The molecule has 6 heteroatoms. The van der Waals surface area contributed by atoms with Crippen LogP contribution in [0.4, 0.5) is 14.5 Å². The van der Waals surface area contributed by atoms with Gasteiger partial charge < -0.3 is 0 Å². The van der Waals surface area contributed by atoms with Crippen molar-refractivity contribution in [3.05, 3.63) is 70.8 Å². The number of carbonyl (C=O) groups excluding carboxylic acids is 2. The maximum Gasteiger partial charge on any atom is 0.266 e. The van der Waals surface area contributed by atoms with Gasteiger partial charge in [0.05, 0.1) is 16.3 Å². The van der Waals surface area contributed by atoms with E-state index in [0.29, 0.717) is 0 Å². The summed E-state index contributed by atoms with van der Waals surface area (Å²) in [6, 6.07) is 9.14. The summed E-state index contributed by atoms with van der Waals surface area (Å²) in [6.07, 6.45) is 1.05. The lowest BCUT2D eigenvalue weighted by molar-refractivity contribution is -0.119. The van der Waals surface area contributed by atoms with Crippen molar-refractivity contribution >= 4 is 34.7 Å². The maximum absolute atomic E-state index is 13.8. The summed E-state index contributed by atoms with van der Waals surface area (Å²) in [7, 11) is 0. The van der Waals surface area contributed by atoms with Gasteiger partial charge in [-0.3, -0.25) is 9.59 Å². The van der Waals surface area contributed by atoms with Crippen molar-refractivity contribution in [1.82, 2.24) is 0 Å². The fourth-order valence-electron chi connectivity index (χ4n) is 2.21. The molecule has 1 aliphatic rings. The second kappa shape index (κ2) is 5.35. The number of hydrogen-bond donors (Lipinski definition) is 0. The van der Waals surface area contributed by atoms with E-state index in [1.807, 2.05) is 0 Å². The first-order valence-corrected chi connectivity index (χ1v) is 6.67. The van der Waals surface area contributed by atoms with Crippen molar-refractivity contribution in [2.45, 2.75) is 0 Å². The van der Waals surface area contributed by atoms with Gasteiger partial charge >= 0.3 is 0 Å². The molecule has 110 valence electrons. The van der Waals surface area contributed by atoms with Gasteiger partial charge in [-0.2, -0.15) is 0 Å². The van der Waals surface area contributed by atoms with E-state index in [4.69, 9.17) is 11.6 Å². The van der Waals surface area contributed by atoms with Crippen LogP contribution in [0.2, 0.25) is 5.02 Å². The molecule has 3 nitrogen and oxygen atoms in total. The molecule has 0 radical (unpaired) electrons. The molecule has 0 saturated heterocycles.